The predicted octanol–water partition coefficient (Wildman–Crippen LogP) is 1.22. The lowest BCUT2D eigenvalue weighted by molar-refractivity contribution is -0.553. The van der Waals surface area contributed by atoms with Crippen molar-refractivity contribution in [2.24, 2.45) is 0 Å². The van der Waals surface area contributed by atoms with Gasteiger partial charge in [0.1, 0.15) is 6.04 Å². The molecule has 0 aromatic heterocycles. The Morgan fingerprint density at radius 1 is 1.73 bits per heavy atom. The maximum Gasteiger partial charge on any atom is 0.262 e. The van der Waals surface area contributed by atoms with Crippen LogP contribution in [0.5, 0.6) is 0 Å². The Hall–Kier alpha value is -1.36. The van der Waals surface area contributed by atoms with Crippen LogP contribution < -0.4 is 5.32 Å². The molecule has 1 amide bonds. The van der Waals surface area contributed by atoms with Crippen molar-refractivity contribution < 1.29 is 9.72 Å². The monoisotopic (exact) mass is 230 g/mol. The second-order valence-corrected chi connectivity index (χ2v) is 3.96. The summed E-state index contributed by atoms with van der Waals surface area (Å²) in [4.78, 5) is 21.4. The van der Waals surface area contributed by atoms with E-state index in [2.05, 4.69) is 5.32 Å². The zero-order valence-electron chi connectivity index (χ0n) is 8.36. The van der Waals surface area contributed by atoms with Crippen molar-refractivity contribution in [2.45, 2.75) is 25.4 Å². The molecular formula is C9H11ClN2O3. The number of halogens is 1. The van der Waals surface area contributed by atoms with Crippen molar-refractivity contribution in [2.75, 3.05) is 0 Å². The van der Waals surface area contributed by atoms with Crippen molar-refractivity contribution in [3.63, 3.8) is 0 Å². The van der Waals surface area contributed by atoms with Gasteiger partial charge < -0.3 is 5.32 Å². The third-order valence-electron chi connectivity index (χ3n) is 2.29. The summed E-state index contributed by atoms with van der Waals surface area (Å²) in [6.45, 7) is 2.71. The molecule has 0 bridgehead atoms. The summed E-state index contributed by atoms with van der Waals surface area (Å²) in [5.41, 5.74) is -1.39. The molecule has 0 spiro atoms. The highest BCUT2D eigenvalue weighted by molar-refractivity contribution is 6.30. The van der Waals surface area contributed by atoms with E-state index in [1.54, 1.807) is 0 Å². The minimum Gasteiger partial charge on any atom is -0.342 e. The molecule has 0 saturated heterocycles. The fourth-order valence-corrected chi connectivity index (χ4v) is 1.74. The summed E-state index contributed by atoms with van der Waals surface area (Å²) in [7, 11) is 0. The molecule has 1 aliphatic carbocycles. The van der Waals surface area contributed by atoms with E-state index in [0.717, 1.165) is 0 Å². The first-order valence-electron chi connectivity index (χ1n) is 4.34. The van der Waals surface area contributed by atoms with E-state index < -0.39 is 16.5 Å². The average Bonchev–Trinajstić information content (AvgIpc) is 2.11. The van der Waals surface area contributed by atoms with Crippen molar-refractivity contribution in [3.05, 3.63) is 33.4 Å². The van der Waals surface area contributed by atoms with Gasteiger partial charge in [0, 0.05) is 23.8 Å². The van der Waals surface area contributed by atoms with E-state index >= 15 is 0 Å². The highest BCUT2D eigenvalue weighted by Gasteiger charge is 2.47. The molecule has 1 N–H and O–H groups in total. The van der Waals surface area contributed by atoms with Crippen LogP contribution in [-0.4, -0.2) is 22.4 Å². The fraction of sp³-hybridized carbons (Fsp3) is 0.444. The second kappa shape index (κ2) is 4.02. The summed E-state index contributed by atoms with van der Waals surface area (Å²) < 4.78 is 0. The molecule has 2 atom stereocenters. The summed E-state index contributed by atoms with van der Waals surface area (Å²) in [6.07, 6.45) is 4.47. The van der Waals surface area contributed by atoms with Crippen LogP contribution in [0.1, 0.15) is 13.8 Å². The van der Waals surface area contributed by atoms with Gasteiger partial charge >= 0.3 is 0 Å². The molecule has 2 unspecified atom stereocenters. The largest absolute Gasteiger partial charge is 0.342 e. The quantitative estimate of drug-likeness (QED) is 0.573. The smallest absolute Gasteiger partial charge is 0.262 e. The molecule has 0 aromatic rings. The van der Waals surface area contributed by atoms with Gasteiger partial charge in [0.2, 0.25) is 5.91 Å². The zero-order valence-corrected chi connectivity index (χ0v) is 9.12. The number of carbonyl (C=O) groups excluding carboxylic acids is 1. The zero-order chi connectivity index (χ0) is 11.6. The van der Waals surface area contributed by atoms with Crippen molar-refractivity contribution >= 4 is 17.5 Å². The van der Waals surface area contributed by atoms with E-state index in [1.807, 2.05) is 0 Å². The van der Waals surface area contributed by atoms with Gasteiger partial charge in [-0.2, -0.15) is 0 Å². The SMILES string of the molecule is CC(=O)NC1C(Cl)=CC=CC1(C)[N+](=O)[O-]. The molecule has 0 aromatic carbocycles. The number of rotatable bonds is 2. The van der Waals surface area contributed by atoms with E-state index in [4.69, 9.17) is 11.6 Å². The first-order valence-corrected chi connectivity index (χ1v) is 4.72. The van der Waals surface area contributed by atoms with E-state index in [1.165, 1.54) is 32.1 Å². The number of hydrogen-bond donors (Lipinski definition) is 1. The molecular weight excluding hydrogens is 220 g/mol. The summed E-state index contributed by atoms with van der Waals surface area (Å²) in [5.74, 6) is -0.352. The van der Waals surface area contributed by atoms with Crippen LogP contribution in [-0.2, 0) is 4.79 Å². The lowest BCUT2D eigenvalue weighted by Crippen LogP contribution is -2.55. The Morgan fingerprint density at radius 2 is 2.33 bits per heavy atom. The predicted molar refractivity (Wildman–Crippen MR) is 56.1 cm³/mol. The lowest BCUT2D eigenvalue weighted by atomic mass is 9.88. The van der Waals surface area contributed by atoms with Gasteiger partial charge in [-0.1, -0.05) is 17.7 Å². The molecule has 0 fully saturated rings. The fourth-order valence-electron chi connectivity index (χ4n) is 1.39. The van der Waals surface area contributed by atoms with Crippen LogP contribution in [0.2, 0.25) is 0 Å². The molecule has 1 aliphatic rings. The van der Waals surface area contributed by atoms with Gasteiger partial charge in [0.05, 0.1) is 0 Å². The molecule has 5 nitrogen and oxygen atoms in total. The third-order valence-corrected chi connectivity index (χ3v) is 2.63. The van der Waals surface area contributed by atoms with Gasteiger partial charge in [0.15, 0.2) is 0 Å². The summed E-state index contributed by atoms with van der Waals surface area (Å²) >= 11 is 5.85. The van der Waals surface area contributed by atoms with Crippen LogP contribution in [0.4, 0.5) is 0 Å². The Balaban J connectivity index is 3.06. The highest BCUT2D eigenvalue weighted by Crippen LogP contribution is 2.28. The molecule has 1 rings (SSSR count). The molecule has 6 heteroatoms. The Morgan fingerprint density at radius 3 is 2.80 bits per heavy atom. The van der Waals surface area contributed by atoms with Crippen LogP contribution in [0.3, 0.4) is 0 Å². The second-order valence-electron chi connectivity index (χ2n) is 3.53. The van der Waals surface area contributed by atoms with Crippen LogP contribution in [0.15, 0.2) is 23.3 Å². The van der Waals surface area contributed by atoms with Crippen LogP contribution in [0.25, 0.3) is 0 Å². The van der Waals surface area contributed by atoms with E-state index in [0.29, 0.717) is 0 Å². The van der Waals surface area contributed by atoms with E-state index in [9.17, 15) is 14.9 Å². The summed E-state index contributed by atoms with van der Waals surface area (Å²) in [5, 5.41) is 13.7. The number of nitro groups is 1. The molecule has 0 aliphatic heterocycles. The molecule has 0 radical (unpaired) electrons. The number of nitrogens with zero attached hydrogens (tertiary/aromatic N) is 1. The average molecular weight is 231 g/mol. The normalized spacial score (nSPS) is 29.5. The van der Waals surface area contributed by atoms with Crippen LogP contribution >= 0.6 is 11.6 Å². The Labute approximate surface area is 91.9 Å². The molecule has 0 saturated carbocycles. The first-order chi connectivity index (χ1) is 6.88. The molecule has 82 valence electrons. The number of allylic oxidation sites excluding steroid dienone is 2. The third kappa shape index (κ3) is 2.18. The van der Waals surface area contributed by atoms with Crippen LogP contribution in [0, 0.1) is 10.1 Å². The van der Waals surface area contributed by atoms with Gasteiger partial charge in [0.25, 0.3) is 5.54 Å². The highest BCUT2D eigenvalue weighted by atomic mass is 35.5. The Bertz CT molecular complexity index is 364. The number of hydrogen-bond acceptors (Lipinski definition) is 3. The van der Waals surface area contributed by atoms with Gasteiger partial charge in [-0.05, 0) is 12.2 Å². The Kier molecular flexibility index (Phi) is 3.14. The topological polar surface area (TPSA) is 72.2 Å². The van der Waals surface area contributed by atoms with Gasteiger partial charge in [-0.25, -0.2) is 0 Å². The maximum atomic E-state index is 10.9. The van der Waals surface area contributed by atoms with Crippen molar-refractivity contribution in [1.82, 2.24) is 5.32 Å². The summed E-state index contributed by atoms with van der Waals surface area (Å²) in [6, 6.07) is -0.809. The first kappa shape index (κ1) is 11.7. The number of carbonyl (C=O) groups is 1. The molecule has 0 heterocycles. The van der Waals surface area contributed by atoms with E-state index in [-0.39, 0.29) is 10.9 Å². The van der Waals surface area contributed by atoms with Crippen molar-refractivity contribution in [3.8, 4) is 0 Å². The van der Waals surface area contributed by atoms with Gasteiger partial charge in [-0.15, -0.1) is 0 Å². The van der Waals surface area contributed by atoms with Crippen molar-refractivity contribution in [1.29, 1.82) is 0 Å². The maximum absolute atomic E-state index is 10.9. The minimum absolute atomic E-state index is 0.256. The van der Waals surface area contributed by atoms with Gasteiger partial charge in [-0.3, -0.25) is 14.9 Å². The minimum atomic E-state index is -1.39. The molecule has 15 heavy (non-hydrogen) atoms. The number of nitrogens with one attached hydrogen (secondary N) is 1. The number of amides is 1. The lowest BCUT2D eigenvalue weighted by Gasteiger charge is -2.29. The standard InChI is InChI=1S/C9H11ClN2O3/c1-6(13)11-8-7(10)4-3-5-9(8,2)12(14)15/h3-5,8H,1-2H3,(H,11,13).